The van der Waals surface area contributed by atoms with E-state index in [2.05, 4.69) is 38.0 Å². The van der Waals surface area contributed by atoms with Crippen LogP contribution in [-0.2, 0) is 0 Å². The molecule has 10 nitrogen and oxygen atoms in total. The van der Waals surface area contributed by atoms with Crippen molar-refractivity contribution in [1.82, 2.24) is 25.0 Å². The first-order chi connectivity index (χ1) is 18.4. The van der Waals surface area contributed by atoms with Crippen molar-refractivity contribution in [2.75, 3.05) is 43.9 Å². The predicted molar refractivity (Wildman–Crippen MR) is 146 cm³/mol. The van der Waals surface area contributed by atoms with E-state index >= 15 is 0 Å². The van der Waals surface area contributed by atoms with Crippen molar-refractivity contribution in [3.8, 4) is 5.75 Å². The first kappa shape index (κ1) is 25.5. The van der Waals surface area contributed by atoms with Crippen LogP contribution in [0.15, 0.2) is 48.9 Å². The first-order valence-electron chi connectivity index (χ1n) is 13.0. The Morgan fingerprint density at radius 2 is 1.97 bits per heavy atom. The number of hydrogen-bond donors (Lipinski definition) is 4. The molecular formula is C28H33N7O3. The van der Waals surface area contributed by atoms with Crippen molar-refractivity contribution in [3.05, 3.63) is 71.2 Å². The van der Waals surface area contributed by atoms with Crippen molar-refractivity contribution >= 4 is 28.9 Å². The summed E-state index contributed by atoms with van der Waals surface area (Å²) in [6, 6.07) is 7.11. The lowest BCUT2D eigenvalue weighted by Gasteiger charge is -2.28. The smallest absolute Gasteiger partial charge is 0.257 e. The SMILES string of the molecule is CCCNC(=O)c1ccc(C2=CCNc3ncc(C(=O)Nc4cnn(C5CCN(C)CC5)c4)cc32)cc1O. The molecule has 0 unspecified atom stereocenters. The molecule has 2 amide bonds. The van der Waals surface area contributed by atoms with Crippen molar-refractivity contribution < 1.29 is 14.7 Å². The molecule has 5 rings (SSSR count). The standard InChI is InChI=1S/C28H33N7O3/c1-3-9-30-28(38)23-5-4-18(14-25(23)36)22-6-10-29-26-24(22)13-19(15-31-26)27(37)33-20-16-32-35(17-20)21-7-11-34(2)12-8-21/h4-6,13-17,21,36H,3,7-12H2,1-2H3,(H,29,31)(H,30,38)(H,33,37). The van der Waals surface area contributed by atoms with Gasteiger partial charge in [-0.2, -0.15) is 5.10 Å². The van der Waals surface area contributed by atoms with Crippen molar-refractivity contribution in [3.63, 3.8) is 0 Å². The van der Waals surface area contributed by atoms with Crippen LogP contribution in [0.4, 0.5) is 11.5 Å². The average Bonchev–Trinajstić information content (AvgIpc) is 3.39. The highest BCUT2D eigenvalue weighted by Crippen LogP contribution is 2.34. The van der Waals surface area contributed by atoms with Crippen LogP contribution in [0.2, 0.25) is 0 Å². The lowest BCUT2D eigenvalue weighted by Crippen LogP contribution is -2.31. The van der Waals surface area contributed by atoms with Crippen LogP contribution in [0.25, 0.3) is 5.57 Å². The van der Waals surface area contributed by atoms with Gasteiger partial charge in [0, 0.05) is 31.0 Å². The Labute approximate surface area is 221 Å². The minimum Gasteiger partial charge on any atom is -0.507 e. The van der Waals surface area contributed by atoms with Gasteiger partial charge >= 0.3 is 0 Å². The molecule has 2 aromatic heterocycles. The zero-order valence-corrected chi connectivity index (χ0v) is 21.7. The fraction of sp³-hybridized carbons (Fsp3) is 0.357. The van der Waals surface area contributed by atoms with E-state index in [0.717, 1.165) is 49.1 Å². The van der Waals surface area contributed by atoms with Crippen LogP contribution in [0, 0.1) is 0 Å². The molecule has 3 aromatic rings. The second-order valence-corrected chi connectivity index (χ2v) is 9.80. The summed E-state index contributed by atoms with van der Waals surface area (Å²) >= 11 is 0. The summed E-state index contributed by atoms with van der Waals surface area (Å²) < 4.78 is 1.94. The number of benzene rings is 1. The van der Waals surface area contributed by atoms with Gasteiger partial charge in [0.2, 0.25) is 0 Å². The molecule has 10 heteroatoms. The number of nitrogens with zero attached hydrogens (tertiary/aromatic N) is 4. The van der Waals surface area contributed by atoms with Gasteiger partial charge in [-0.3, -0.25) is 14.3 Å². The Morgan fingerprint density at radius 3 is 2.74 bits per heavy atom. The van der Waals surface area contributed by atoms with Gasteiger partial charge in [0.15, 0.2) is 0 Å². The van der Waals surface area contributed by atoms with E-state index in [1.165, 1.54) is 0 Å². The van der Waals surface area contributed by atoms with E-state index in [0.29, 0.717) is 36.2 Å². The van der Waals surface area contributed by atoms with E-state index < -0.39 is 0 Å². The number of piperidine rings is 1. The maximum Gasteiger partial charge on any atom is 0.257 e. The number of pyridine rings is 1. The molecule has 4 heterocycles. The van der Waals surface area contributed by atoms with Gasteiger partial charge in [-0.25, -0.2) is 4.98 Å². The number of aromatic hydroxyl groups is 1. The summed E-state index contributed by atoms with van der Waals surface area (Å²) in [7, 11) is 2.12. The molecule has 0 radical (unpaired) electrons. The summed E-state index contributed by atoms with van der Waals surface area (Å²) in [5, 5.41) is 24.0. The summed E-state index contributed by atoms with van der Waals surface area (Å²) in [6.45, 7) is 5.12. The molecule has 0 saturated carbocycles. The number of nitrogens with one attached hydrogen (secondary N) is 3. The van der Waals surface area contributed by atoms with Gasteiger partial charge in [-0.05, 0) is 68.7 Å². The minimum atomic E-state index is -0.310. The van der Waals surface area contributed by atoms with Gasteiger partial charge < -0.3 is 26.0 Å². The largest absolute Gasteiger partial charge is 0.507 e. The predicted octanol–water partition coefficient (Wildman–Crippen LogP) is 3.50. The van der Waals surface area contributed by atoms with E-state index in [4.69, 9.17) is 0 Å². The fourth-order valence-electron chi connectivity index (χ4n) is 4.86. The third-order valence-electron chi connectivity index (χ3n) is 7.03. The summed E-state index contributed by atoms with van der Waals surface area (Å²) in [4.78, 5) is 32.2. The first-order valence-corrected chi connectivity index (χ1v) is 13.0. The molecule has 1 saturated heterocycles. The molecule has 2 aliphatic heterocycles. The Bertz CT molecular complexity index is 1370. The maximum absolute atomic E-state index is 13.1. The molecule has 0 bridgehead atoms. The van der Waals surface area contributed by atoms with E-state index in [1.807, 2.05) is 23.9 Å². The number of fused-ring (bicyclic) bond motifs is 1. The third-order valence-corrected chi connectivity index (χ3v) is 7.03. The lowest BCUT2D eigenvalue weighted by molar-refractivity contribution is 0.0950. The minimum absolute atomic E-state index is 0.0967. The lowest BCUT2D eigenvalue weighted by atomic mass is 9.93. The van der Waals surface area contributed by atoms with Crippen LogP contribution in [0.1, 0.15) is 64.1 Å². The number of carbonyl (C=O) groups is 2. The van der Waals surface area contributed by atoms with Gasteiger partial charge in [-0.15, -0.1) is 0 Å². The Morgan fingerprint density at radius 1 is 1.16 bits per heavy atom. The van der Waals surface area contributed by atoms with Crippen LogP contribution in [0.5, 0.6) is 5.75 Å². The van der Waals surface area contributed by atoms with Crippen molar-refractivity contribution in [2.45, 2.75) is 32.2 Å². The Hall–Kier alpha value is -4.18. The topological polar surface area (TPSA) is 124 Å². The molecule has 4 N–H and O–H groups in total. The number of rotatable bonds is 7. The second kappa shape index (κ2) is 11.1. The summed E-state index contributed by atoms with van der Waals surface area (Å²) in [5.41, 5.74) is 3.58. The van der Waals surface area contributed by atoms with Crippen molar-refractivity contribution in [2.24, 2.45) is 0 Å². The third kappa shape index (κ3) is 5.40. The highest BCUT2D eigenvalue weighted by Gasteiger charge is 2.22. The van der Waals surface area contributed by atoms with Crippen LogP contribution < -0.4 is 16.0 Å². The normalized spacial score (nSPS) is 15.8. The monoisotopic (exact) mass is 515 g/mol. The van der Waals surface area contributed by atoms with Gasteiger partial charge in [0.25, 0.3) is 11.8 Å². The zero-order chi connectivity index (χ0) is 26.6. The summed E-state index contributed by atoms with van der Waals surface area (Å²) in [5.74, 6) is -0.0340. The molecule has 1 fully saturated rings. The Kier molecular flexibility index (Phi) is 7.41. The van der Waals surface area contributed by atoms with E-state index in [1.54, 1.807) is 36.7 Å². The fourth-order valence-corrected chi connectivity index (χ4v) is 4.86. The molecule has 0 atom stereocenters. The van der Waals surface area contributed by atoms with Crippen LogP contribution in [-0.4, -0.2) is 69.8 Å². The zero-order valence-electron chi connectivity index (χ0n) is 21.7. The number of phenols is 1. The number of amides is 2. The van der Waals surface area contributed by atoms with Crippen LogP contribution in [0.3, 0.4) is 0 Å². The number of likely N-dealkylation sites (tertiary alicyclic amines) is 1. The number of anilines is 2. The molecule has 198 valence electrons. The number of hydrogen-bond acceptors (Lipinski definition) is 7. The van der Waals surface area contributed by atoms with Gasteiger partial charge in [-0.1, -0.05) is 19.1 Å². The molecule has 1 aromatic carbocycles. The number of aromatic nitrogens is 3. The molecule has 38 heavy (non-hydrogen) atoms. The van der Waals surface area contributed by atoms with E-state index in [-0.39, 0.29) is 23.1 Å². The summed E-state index contributed by atoms with van der Waals surface area (Å²) in [6.07, 6.45) is 9.95. The molecular weight excluding hydrogens is 482 g/mol. The number of phenolic OH excluding ortho intramolecular Hbond substituents is 1. The molecule has 2 aliphatic rings. The molecule has 0 spiro atoms. The second-order valence-electron chi connectivity index (χ2n) is 9.80. The average molecular weight is 516 g/mol. The van der Waals surface area contributed by atoms with Crippen LogP contribution >= 0.6 is 0 Å². The van der Waals surface area contributed by atoms with Crippen molar-refractivity contribution in [1.29, 1.82) is 0 Å². The maximum atomic E-state index is 13.1. The highest BCUT2D eigenvalue weighted by atomic mass is 16.3. The number of carbonyl (C=O) groups excluding carboxylic acids is 2. The quantitative estimate of drug-likeness (QED) is 0.380. The van der Waals surface area contributed by atoms with Gasteiger partial charge in [0.05, 0.1) is 29.1 Å². The van der Waals surface area contributed by atoms with Gasteiger partial charge in [0.1, 0.15) is 11.6 Å². The van der Waals surface area contributed by atoms with E-state index in [9.17, 15) is 14.7 Å². The Balaban J connectivity index is 1.33. The highest BCUT2D eigenvalue weighted by molar-refractivity contribution is 6.05. The molecule has 0 aliphatic carbocycles.